The fourth-order valence-corrected chi connectivity index (χ4v) is 1.88. The number of aromatic nitrogens is 2. The van der Waals surface area contributed by atoms with Gasteiger partial charge in [-0.15, -0.1) is 0 Å². The number of rotatable bonds is 3. The summed E-state index contributed by atoms with van der Waals surface area (Å²) in [4.78, 5) is 8.27. The number of hydrogen-bond acceptors (Lipinski definition) is 3. The molecule has 0 fully saturated rings. The number of benzene rings is 1. The number of ether oxygens (including phenoxy) is 1. The van der Waals surface area contributed by atoms with Gasteiger partial charge in [-0.25, -0.2) is 9.97 Å². The first kappa shape index (κ1) is 12.5. The van der Waals surface area contributed by atoms with Crippen LogP contribution in [0.5, 0.6) is 11.8 Å². The van der Waals surface area contributed by atoms with Crippen molar-refractivity contribution in [2.45, 2.75) is 12.3 Å². The van der Waals surface area contributed by atoms with Crippen LogP contribution in [0.25, 0.3) is 0 Å². The van der Waals surface area contributed by atoms with Crippen molar-refractivity contribution < 1.29 is 4.74 Å². The molecule has 2 aromatic rings. The average molecular weight is 358 g/mol. The van der Waals surface area contributed by atoms with Crippen molar-refractivity contribution in [3.63, 3.8) is 0 Å². The molecule has 2 rings (SSSR count). The Balaban J connectivity index is 2.22. The molecule has 1 aromatic heterocycles. The second kappa shape index (κ2) is 5.60. The van der Waals surface area contributed by atoms with Gasteiger partial charge >= 0.3 is 6.01 Å². The van der Waals surface area contributed by atoms with Gasteiger partial charge in [0.15, 0.2) is 0 Å². The summed E-state index contributed by atoms with van der Waals surface area (Å²) in [6.45, 7) is 1.98. The van der Waals surface area contributed by atoms with E-state index in [-0.39, 0.29) is 0 Å². The standard InChI is InChI=1S/C12H10Br2N2O/c1-8-2-3-10(14)4-11(8)17-12-15-6-9(5-13)7-16-12/h2-4,6-7H,5H2,1H3. The highest BCUT2D eigenvalue weighted by atomic mass is 79.9. The van der Waals surface area contributed by atoms with Gasteiger partial charge in [-0.2, -0.15) is 0 Å². The molecule has 0 saturated heterocycles. The zero-order valence-electron chi connectivity index (χ0n) is 9.15. The van der Waals surface area contributed by atoms with E-state index in [1.807, 2.05) is 25.1 Å². The molecule has 0 aliphatic carbocycles. The Morgan fingerprint density at radius 3 is 2.59 bits per heavy atom. The van der Waals surface area contributed by atoms with Gasteiger partial charge in [0.05, 0.1) is 0 Å². The molecular weight excluding hydrogens is 348 g/mol. The Morgan fingerprint density at radius 2 is 1.94 bits per heavy atom. The van der Waals surface area contributed by atoms with E-state index < -0.39 is 0 Å². The second-order valence-electron chi connectivity index (χ2n) is 3.52. The van der Waals surface area contributed by atoms with Crippen LogP contribution >= 0.6 is 31.9 Å². The van der Waals surface area contributed by atoms with Gasteiger partial charge in [-0.3, -0.25) is 0 Å². The minimum Gasteiger partial charge on any atom is -0.424 e. The van der Waals surface area contributed by atoms with Crippen LogP contribution in [-0.2, 0) is 5.33 Å². The minimum atomic E-state index is 0.357. The van der Waals surface area contributed by atoms with Crippen molar-refractivity contribution in [3.8, 4) is 11.8 Å². The maximum Gasteiger partial charge on any atom is 0.321 e. The zero-order chi connectivity index (χ0) is 12.3. The molecule has 88 valence electrons. The normalized spacial score (nSPS) is 10.3. The van der Waals surface area contributed by atoms with Crippen LogP contribution in [0.4, 0.5) is 0 Å². The van der Waals surface area contributed by atoms with Crippen LogP contribution in [-0.4, -0.2) is 9.97 Å². The molecule has 17 heavy (non-hydrogen) atoms. The molecule has 1 aromatic carbocycles. The van der Waals surface area contributed by atoms with E-state index in [4.69, 9.17) is 4.74 Å². The van der Waals surface area contributed by atoms with Gasteiger partial charge in [0.25, 0.3) is 0 Å². The number of aryl methyl sites for hydroxylation is 1. The van der Waals surface area contributed by atoms with Crippen LogP contribution in [0, 0.1) is 6.92 Å². The lowest BCUT2D eigenvalue weighted by Crippen LogP contribution is -1.94. The van der Waals surface area contributed by atoms with Gasteiger partial charge in [-0.05, 0) is 30.2 Å². The molecule has 3 nitrogen and oxygen atoms in total. The molecule has 0 N–H and O–H groups in total. The predicted molar refractivity (Wildman–Crippen MR) is 73.6 cm³/mol. The monoisotopic (exact) mass is 356 g/mol. The molecule has 0 amide bonds. The highest BCUT2D eigenvalue weighted by Crippen LogP contribution is 2.26. The Hall–Kier alpha value is -0.940. The summed E-state index contributed by atoms with van der Waals surface area (Å²) in [5.41, 5.74) is 2.06. The average Bonchev–Trinajstić information content (AvgIpc) is 2.35. The van der Waals surface area contributed by atoms with E-state index in [0.29, 0.717) is 6.01 Å². The third-order valence-electron chi connectivity index (χ3n) is 2.19. The highest BCUT2D eigenvalue weighted by molar-refractivity contribution is 9.10. The maximum atomic E-state index is 5.62. The van der Waals surface area contributed by atoms with Crippen molar-refractivity contribution in [1.82, 2.24) is 9.97 Å². The summed E-state index contributed by atoms with van der Waals surface area (Å²) in [6.07, 6.45) is 3.48. The molecule has 0 atom stereocenters. The van der Waals surface area contributed by atoms with Crippen LogP contribution in [0.3, 0.4) is 0 Å². The number of nitrogens with zero attached hydrogens (tertiary/aromatic N) is 2. The van der Waals surface area contributed by atoms with Crippen LogP contribution in [0.1, 0.15) is 11.1 Å². The molecule has 0 saturated carbocycles. The van der Waals surface area contributed by atoms with Crippen molar-refractivity contribution in [3.05, 3.63) is 46.2 Å². The fourth-order valence-electron chi connectivity index (χ4n) is 1.25. The summed E-state index contributed by atoms with van der Waals surface area (Å²) in [6, 6.07) is 6.20. The first-order chi connectivity index (χ1) is 8.19. The van der Waals surface area contributed by atoms with E-state index in [1.54, 1.807) is 12.4 Å². The summed E-state index contributed by atoms with van der Waals surface area (Å²) in [5, 5.41) is 0.739. The highest BCUT2D eigenvalue weighted by Gasteiger charge is 2.04. The van der Waals surface area contributed by atoms with Crippen molar-refractivity contribution in [2.24, 2.45) is 0 Å². The van der Waals surface area contributed by atoms with Crippen LogP contribution < -0.4 is 4.74 Å². The molecule has 0 spiro atoms. The van der Waals surface area contributed by atoms with Crippen molar-refractivity contribution in [2.75, 3.05) is 0 Å². The van der Waals surface area contributed by atoms with Gasteiger partial charge in [0, 0.05) is 22.2 Å². The molecule has 0 aliphatic heterocycles. The Bertz CT molecular complexity index is 514. The first-order valence-corrected chi connectivity index (χ1v) is 6.91. The molecular formula is C12H10Br2N2O. The quantitative estimate of drug-likeness (QED) is 0.771. The van der Waals surface area contributed by atoms with E-state index in [0.717, 1.165) is 26.7 Å². The molecule has 0 aliphatic rings. The Morgan fingerprint density at radius 1 is 1.24 bits per heavy atom. The van der Waals surface area contributed by atoms with E-state index in [9.17, 15) is 0 Å². The predicted octanol–water partition coefficient (Wildman–Crippen LogP) is 4.23. The minimum absolute atomic E-state index is 0.357. The third kappa shape index (κ3) is 3.26. The summed E-state index contributed by atoms with van der Waals surface area (Å²) in [5.74, 6) is 0.756. The lowest BCUT2D eigenvalue weighted by molar-refractivity contribution is 0.438. The van der Waals surface area contributed by atoms with Crippen molar-refractivity contribution in [1.29, 1.82) is 0 Å². The lowest BCUT2D eigenvalue weighted by atomic mass is 10.2. The Labute approximate surface area is 117 Å². The SMILES string of the molecule is Cc1ccc(Br)cc1Oc1ncc(CBr)cn1. The number of halogens is 2. The Kier molecular flexibility index (Phi) is 4.12. The second-order valence-corrected chi connectivity index (χ2v) is 5.00. The molecule has 0 bridgehead atoms. The zero-order valence-corrected chi connectivity index (χ0v) is 12.3. The van der Waals surface area contributed by atoms with Crippen molar-refractivity contribution >= 4 is 31.9 Å². The summed E-state index contributed by atoms with van der Waals surface area (Å²) in [7, 11) is 0. The molecule has 5 heteroatoms. The molecule has 0 unspecified atom stereocenters. The summed E-state index contributed by atoms with van der Waals surface area (Å²) < 4.78 is 6.59. The van der Waals surface area contributed by atoms with Gasteiger partial charge in [-0.1, -0.05) is 37.9 Å². The van der Waals surface area contributed by atoms with Gasteiger partial charge < -0.3 is 4.74 Å². The van der Waals surface area contributed by atoms with E-state index in [2.05, 4.69) is 41.8 Å². The maximum absolute atomic E-state index is 5.62. The van der Waals surface area contributed by atoms with Gasteiger partial charge in [0.1, 0.15) is 5.75 Å². The number of hydrogen-bond donors (Lipinski definition) is 0. The molecule has 0 radical (unpaired) electrons. The number of alkyl halides is 1. The topological polar surface area (TPSA) is 35.0 Å². The fraction of sp³-hybridized carbons (Fsp3) is 0.167. The van der Waals surface area contributed by atoms with Crippen LogP contribution in [0.15, 0.2) is 35.1 Å². The van der Waals surface area contributed by atoms with Crippen LogP contribution in [0.2, 0.25) is 0 Å². The largest absolute Gasteiger partial charge is 0.424 e. The smallest absolute Gasteiger partial charge is 0.321 e. The van der Waals surface area contributed by atoms with Gasteiger partial charge in [0.2, 0.25) is 0 Å². The third-order valence-corrected chi connectivity index (χ3v) is 3.33. The first-order valence-electron chi connectivity index (χ1n) is 5.00. The summed E-state index contributed by atoms with van der Waals surface area (Å²) >= 11 is 6.75. The lowest BCUT2D eigenvalue weighted by Gasteiger charge is -2.07. The van der Waals surface area contributed by atoms with E-state index in [1.165, 1.54) is 0 Å². The molecule has 1 heterocycles. The van der Waals surface area contributed by atoms with E-state index >= 15 is 0 Å².